The van der Waals surface area contributed by atoms with Crippen molar-refractivity contribution in [3.05, 3.63) is 40.1 Å². The number of nitrogens with one attached hydrogen (secondary N) is 1. The number of imidazole rings is 1. The predicted molar refractivity (Wildman–Crippen MR) is 119 cm³/mol. The highest BCUT2D eigenvalue weighted by molar-refractivity contribution is 7.11. The Balaban J connectivity index is 0.000000406. The van der Waals surface area contributed by atoms with Crippen LogP contribution >= 0.6 is 11.3 Å². The minimum atomic E-state index is -5.08. The van der Waals surface area contributed by atoms with Gasteiger partial charge in [0.05, 0.1) is 6.54 Å². The van der Waals surface area contributed by atoms with Gasteiger partial charge in [0.2, 0.25) is 0 Å². The zero-order valence-corrected chi connectivity index (χ0v) is 20.1. The van der Waals surface area contributed by atoms with Crippen molar-refractivity contribution in [3.8, 4) is 0 Å². The normalized spacial score (nSPS) is 19.9. The van der Waals surface area contributed by atoms with E-state index in [0.29, 0.717) is 6.54 Å². The molecule has 2 aliphatic rings. The first-order valence-corrected chi connectivity index (χ1v) is 11.8. The molecule has 1 atom stereocenters. The number of halogens is 3. The second kappa shape index (κ2) is 10.4. The second-order valence-corrected chi connectivity index (χ2v) is 10.1. The molecule has 4 rings (SSSR count). The third kappa shape index (κ3) is 6.36. The highest BCUT2D eigenvalue weighted by Crippen LogP contribution is 2.40. The summed E-state index contributed by atoms with van der Waals surface area (Å²) in [6.45, 7) is 9.52. The van der Waals surface area contributed by atoms with E-state index in [-0.39, 0.29) is 11.9 Å². The highest BCUT2D eigenvalue weighted by Gasteiger charge is 2.47. The quantitative estimate of drug-likeness (QED) is 0.666. The number of fused-ring (bicyclic) bond motifs is 2. The molecule has 0 bridgehead atoms. The van der Waals surface area contributed by atoms with Crippen LogP contribution < -0.4 is 5.32 Å². The van der Waals surface area contributed by atoms with Crippen LogP contribution in [0.2, 0.25) is 0 Å². The lowest BCUT2D eigenvalue weighted by Crippen LogP contribution is -2.54. The van der Waals surface area contributed by atoms with Gasteiger partial charge in [0, 0.05) is 47.8 Å². The van der Waals surface area contributed by atoms with Crippen LogP contribution in [0.3, 0.4) is 0 Å². The Kier molecular flexibility index (Phi) is 8.04. The molecule has 188 valence electrons. The number of amides is 1. The van der Waals surface area contributed by atoms with Crippen molar-refractivity contribution in [1.82, 2.24) is 19.8 Å². The number of carbonyl (C=O) groups is 2. The third-order valence-electron chi connectivity index (χ3n) is 5.66. The highest BCUT2D eigenvalue weighted by atomic mass is 32.1. The molecular formula is C22H29F3N4O4S. The van der Waals surface area contributed by atoms with E-state index < -0.39 is 23.9 Å². The molecule has 2 aliphatic heterocycles. The number of likely N-dealkylation sites (tertiary alicyclic amines) is 1. The van der Waals surface area contributed by atoms with Crippen molar-refractivity contribution in [2.45, 2.75) is 70.6 Å². The molecule has 1 amide bonds. The molecule has 34 heavy (non-hydrogen) atoms. The first-order chi connectivity index (χ1) is 15.9. The summed E-state index contributed by atoms with van der Waals surface area (Å²) in [6, 6.07) is 4.52. The summed E-state index contributed by atoms with van der Waals surface area (Å²) in [5.41, 5.74) is -0.456. The largest absolute Gasteiger partial charge is 0.490 e. The Labute approximate surface area is 199 Å². The maximum absolute atomic E-state index is 12.6. The van der Waals surface area contributed by atoms with Gasteiger partial charge in [-0.3, -0.25) is 9.69 Å². The Bertz CT molecular complexity index is 996. The second-order valence-electron chi connectivity index (χ2n) is 8.76. The Morgan fingerprint density at radius 3 is 2.50 bits per heavy atom. The van der Waals surface area contributed by atoms with Crippen LogP contribution in [-0.2, 0) is 33.0 Å². The molecular weight excluding hydrogens is 473 g/mol. The number of rotatable bonds is 4. The lowest BCUT2D eigenvalue weighted by molar-refractivity contribution is -0.192. The maximum Gasteiger partial charge on any atom is 0.490 e. The van der Waals surface area contributed by atoms with Crippen molar-refractivity contribution in [2.75, 3.05) is 13.1 Å². The van der Waals surface area contributed by atoms with Crippen molar-refractivity contribution in [2.24, 2.45) is 0 Å². The SMILES string of the molecule is Cc1ccc(CN2CCC3(CC2)OC(C(=O)NC(C)C)Cn2ccnc23)s1.O=C(O)C(F)(F)F. The van der Waals surface area contributed by atoms with Crippen molar-refractivity contribution in [3.63, 3.8) is 0 Å². The fourth-order valence-corrected chi connectivity index (χ4v) is 5.05. The topological polar surface area (TPSA) is 96.7 Å². The fourth-order valence-electron chi connectivity index (χ4n) is 4.11. The minimum absolute atomic E-state index is 0.0276. The molecule has 1 spiro atoms. The number of alkyl halides is 3. The number of hydrogen-bond donors (Lipinski definition) is 2. The van der Waals surface area contributed by atoms with Gasteiger partial charge >= 0.3 is 12.1 Å². The number of aryl methyl sites for hydroxylation is 1. The molecule has 0 aromatic carbocycles. The van der Waals surface area contributed by atoms with Crippen LogP contribution in [0.5, 0.6) is 0 Å². The molecule has 0 saturated carbocycles. The van der Waals surface area contributed by atoms with Crippen molar-refractivity contribution in [1.29, 1.82) is 0 Å². The molecule has 2 N–H and O–H groups in total. The number of aromatic nitrogens is 2. The molecule has 0 radical (unpaired) electrons. The van der Waals surface area contributed by atoms with Gasteiger partial charge in [0.15, 0.2) is 6.10 Å². The molecule has 1 unspecified atom stereocenters. The van der Waals surface area contributed by atoms with Crippen molar-refractivity contribution < 1.29 is 32.6 Å². The molecule has 2 aromatic heterocycles. The number of piperidine rings is 1. The van der Waals surface area contributed by atoms with Crippen LogP contribution in [0.1, 0.15) is 42.3 Å². The van der Waals surface area contributed by atoms with E-state index in [1.54, 1.807) is 0 Å². The van der Waals surface area contributed by atoms with Gasteiger partial charge in [0.25, 0.3) is 5.91 Å². The maximum atomic E-state index is 12.6. The molecule has 8 nitrogen and oxygen atoms in total. The Hall–Kier alpha value is -2.44. The van der Waals surface area contributed by atoms with Gasteiger partial charge in [-0.15, -0.1) is 11.3 Å². The number of carboxylic acids is 1. The number of carboxylic acid groups (broad SMARTS) is 1. The minimum Gasteiger partial charge on any atom is -0.475 e. The van der Waals surface area contributed by atoms with E-state index >= 15 is 0 Å². The fraction of sp³-hybridized carbons (Fsp3) is 0.591. The molecule has 1 fully saturated rings. The average molecular weight is 503 g/mol. The van der Waals surface area contributed by atoms with E-state index in [0.717, 1.165) is 38.3 Å². The first-order valence-electron chi connectivity index (χ1n) is 11.0. The van der Waals surface area contributed by atoms with Gasteiger partial charge in [-0.2, -0.15) is 13.2 Å². The monoisotopic (exact) mass is 502 g/mol. The zero-order chi connectivity index (χ0) is 25.1. The molecule has 12 heteroatoms. The molecule has 1 saturated heterocycles. The van der Waals surface area contributed by atoms with Crippen LogP contribution in [0, 0.1) is 6.92 Å². The summed E-state index contributed by atoms with van der Waals surface area (Å²) in [4.78, 5) is 31.3. The van der Waals surface area contributed by atoms with E-state index in [1.165, 1.54) is 9.75 Å². The first kappa shape index (κ1) is 26.2. The van der Waals surface area contributed by atoms with Crippen LogP contribution in [0.4, 0.5) is 13.2 Å². The number of hydrogen-bond acceptors (Lipinski definition) is 6. The number of thiophene rings is 1. The van der Waals surface area contributed by atoms with E-state index in [2.05, 4.69) is 38.8 Å². The van der Waals surface area contributed by atoms with Crippen molar-refractivity contribution >= 4 is 23.2 Å². The molecule has 2 aromatic rings. The Morgan fingerprint density at radius 2 is 1.97 bits per heavy atom. The standard InChI is InChI=1S/C20H28N4O2S.C2HF3O2/c1-14(2)22-18(25)17-13-24-11-8-21-19(24)20(26-17)6-9-23(10-7-20)12-16-5-4-15(3)27-16;3-2(4,5)1(6)7/h4-5,8,11,14,17H,6-7,9-10,12-13H2,1-3H3,(H,22,25);(H,6,7). The molecule has 0 aliphatic carbocycles. The van der Waals surface area contributed by atoms with Crippen LogP contribution in [0.15, 0.2) is 24.5 Å². The van der Waals surface area contributed by atoms with Gasteiger partial charge in [-0.25, -0.2) is 9.78 Å². The summed E-state index contributed by atoms with van der Waals surface area (Å²) in [5, 5.41) is 10.1. The summed E-state index contributed by atoms with van der Waals surface area (Å²) in [6.07, 6.45) is -0.0275. The number of aliphatic carboxylic acids is 1. The smallest absolute Gasteiger partial charge is 0.475 e. The summed E-state index contributed by atoms with van der Waals surface area (Å²) >= 11 is 1.87. The lowest BCUT2D eigenvalue weighted by Gasteiger charge is -2.45. The molecule has 4 heterocycles. The Morgan fingerprint density at radius 1 is 1.32 bits per heavy atom. The predicted octanol–water partition coefficient (Wildman–Crippen LogP) is 3.30. The zero-order valence-electron chi connectivity index (χ0n) is 19.3. The lowest BCUT2D eigenvalue weighted by atomic mass is 9.88. The van der Waals surface area contributed by atoms with E-state index in [1.807, 2.05) is 37.6 Å². The van der Waals surface area contributed by atoms with Gasteiger partial charge in [-0.1, -0.05) is 0 Å². The van der Waals surface area contributed by atoms with E-state index in [4.69, 9.17) is 14.6 Å². The van der Waals surface area contributed by atoms with Gasteiger partial charge < -0.3 is 19.7 Å². The number of ether oxygens (including phenoxy) is 1. The van der Waals surface area contributed by atoms with Gasteiger partial charge in [0.1, 0.15) is 11.4 Å². The summed E-state index contributed by atoms with van der Waals surface area (Å²) in [5.74, 6) is -1.81. The van der Waals surface area contributed by atoms with Crippen LogP contribution in [-0.4, -0.2) is 62.8 Å². The summed E-state index contributed by atoms with van der Waals surface area (Å²) in [7, 11) is 0. The number of nitrogens with zero attached hydrogens (tertiary/aromatic N) is 3. The average Bonchev–Trinajstić information content (AvgIpc) is 3.38. The van der Waals surface area contributed by atoms with Crippen LogP contribution in [0.25, 0.3) is 0 Å². The van der Waals surface area contributed by atoms with E-state index in [9.17, 15) is 18.0 Å². The summed E-state index contributed by atoms with van der Waals surface area (Å²) < 4.78 is 40.3. The van der Waals surface area contributed by atoms with Gasteiger partial charge in [-0.05, 0) is 45.7 Å². The third-order valence-corrected chi connectivity index (χ3v) is 6.64. The number of carbonyl (C=O) groups excluding carboxylic acids is 1.